The first-order valence-electron chi connectivity index (χ1n) is 7.36. The van der Waals surface area contributed by atoms with E-state index in [1.54, 1.807) is 0 Å². The second-order valence-electron chi connectivity index (χ2n) is 5.07. The fraction of sp³-hybridized carbons (Fsp3) is 0.250. The van der Waals surface area contributed by atoms with Crippen molar-refractivity contribution in [2.75, 3.05) is 13.2 Å². The van der Waals surface area contributed by atoms with Gasteiger partial charge in [-0.1, -0.05) is 12.1 Å². The van der Waals surface area contributed by atoms with Gasteiger partial charge in [0.05, 0.1) is 25.6 Å². The van der Waals surface area contributed by atoms with Crippen molar-refractivity contribution < 1.29 is 24.2 Å². The summed E-state index contributed by atoms with van der Waals surface area (Å²) in [4.78, 5) is 30.3. The van der Waals surface area contributed by atoms with Crippen LogP contribution in [0.1, 0.15) is 33.0 Å². The maximum atomic E-state index is 12.1. The van der Waals surface area contributed by atoms with Crippen molar-refractivity contribution in [3.63, 3.8) is 0 Å². The summed E-state index contributed by atoms with van der Waals surface area (Å²) in [6.07, 6.45) is 2.97. The van der Waals surface area contributed by atoms with E-state index in [4.69, 9.17) is 14.6 Å². The van der Waals surface area contributed by atoms with Crippen LogP contribution in [-0.4, -0.2) is 40.2 Å². The minimum atomic E-state index is -1.20. The number of aromatic nitrogens is 2. The number of nitrogens with one attached hydrogen (secondary N) is 1. The Bertz CT molecular complexity index is 761. The van der Waals surface area contributed by atoms with E-state index in [9.17, 15) is 9.59 Å². The highest BCUT2D eigenvalue weighted by atomic mass is 16.5. The first-order valence-corrected chi connectivity index (χ1v) is 7.36. The lowest BCUT2D eigenvalue weighted by Gasteiger charge is -2.12. The molecule has 0 spiro atoms. The number of carbonyl (C=O) groups is 2. The summed E-state index contributed by atoms with van der Waals surface area (Å²) in [5.74, 6) is -0.363. The number of rotatable bonds is 4. The third kappa shape index (κ3) is 3.43. The lowest BCUT2D eigenvalue weighted by atomic mass is 10.2. The second-order valence-corrected chi connectivity index (χ2v) is 5.07. The molecule has 2 aromatic rings. The zero-order valence-corrected chi connectivity index (χ0v) is 12.7. The summed E-state index contributed by atoms with van der Waals surface area (Å²) >= 11 is 0. The number of aromatic carboxylic acids is 1. The number of fused-ring (bicyclic) bond motifs is 1. The quantitative estimate of drug-likeness (QED) is 0.869. The number of nitrogens with zero attached hydrogens (tertiary/aromatic N) is 2. The Morgan fingerprint density at radius 3 is 2.62 bits per heavy atom. The van der Waals surface area contributed by atoms with Crippen molar-refractivity contribution in [3.8, 4) is 11.5 Å². The van der Waals surface area contributed by atoms with Crippen LogP contribution in [-0.2, 0) is 6.54 Å². The molecule has 0 radical (unpaired) electrons. The normalized spacial score (nSPS) is 13.0. The van der Waals surface area contributed by atoms with Gasteiger partial charge in [0.25, 0.3) is 5.91 Å². The van der Waals surface area contributed by atoms with Crippen LogP contribution < -0.4 is 14.8 Å². The lowest BCUT2D eigenvalue weighted by Crippen LogP contribution is -2.24. The average Bonchev–Trinajstić information content (AvgIpc) is 2.85. The molecule has 0 aliphatic carbocycles. The predicted molar refractivity (Wildman–Crippen MR) is 82.2 cm³/mol. The van der Waals surface area contributed by atoms with Crippen molar-refractivity contribution in [3.05, 3.63) is 47.5 Å². The average molecular weight is 329 g/mol. The minimum Gasteiger partial charge on any atom is -0.490 e. The maximum absolute atomic E-state index is 12.1. The highest BCUT2D eigenvalue weighted by Gasteiger charge is 2.16. The van der Waals surface area contributed by atoms with Crippen LogP contribution in [0.5, 0.6) is 11.5 Å². The minimum absolute atomic E-state index is 0.0409. The van der Waals surface area contributed by atoms with Crippen molar-refractivity contribution in [2.24, 2.45) is 0 Å². The fourth-order valence-electron chi connectivity index (χ4n) is 2.22. The van der Waals surface area contributed by atoms with Crippen LogP contribution in [0.3, 0.4) is 0 Å². The summed E-state index contributed by atoms with van der Waals surface area (Å²) in [7, 11) is 0. The third-order valence-electron chi connectivity index (χ3n) is 3.40. The number of carboxylic acids is 1. The number of hydrogen-bond acceptors (Lipinski definition) is 6. The van der Waals surface area contributed by atoms with E-state index in [0.29, 0.717) is 24.7 Å². The highest BCUT2D eigenvalue weighted by Crippen LogP contribution is 2.33. The first kappa shape index (κ1) is 15.7. The van der Waals surface area contributed by atoms with E-state index in [2.05, 4.69) is 15.3 Å². The molecular formula is C16H15N3O5. The predicted octanol–water partition coefficient (Wildman–Crippen LogP) is 1.27. The molecule has 3 rings (SSSR count). The smallest absolute Gasteiger partial charge is 0.356 e. The van der Waals surface area contributed by atoms with E-state index in [-0.39, 0.29) is 17.9 Å². The number of carboxylic acid groups (broad SMARTS) is 1. The zero-order chi connectivity index (χ0) is 16.9. The molecule has 0 bridgehead atoms. The standard InChI is InChI=1S/C16H15N3O5/c20-15(11-8-18-12(9-17-11)16(21)22)19-7-10-3-1-4-13-14(10)24-6-2-5-23-13/h1,3-4,8-9H,2,5-7H2,(H,19,20)(H,21,22). The van der Waals surface area contributed by atoms with Crippen LogP contribution in [0.15, 0.2) is 30.6 Å². The molecule has 2 heterocycles. The number of para-hydroxylation sites is 1. The molecule has 1 aromatic carbocycles. The number of amides is 1. The molecule has 124 valence electrons. The fourth-order valence-corrected chi connectivity index (χ4v) is 2.22. The third-order valence-corrected chi connectivity index (χ3v) is 3.40. The van der Waals surface area contributed by atoms with Crippen LogP contribution >= 0.6 is 0 Å². The monoisotopic (exact) mass is 329 g/mol. The molecule has 1 aliphatic heterocycles. The molecule has 0 saturated heterocycles. The van der Waals surface area contributed by atoms with Gasteiger partial charge in [-0.15, -0.1) is 0 Å². The summed E-state index contributed by atoms with van der Waals surface area (Å²) in [5.41, 5.74) is 0.613. The Hall–Kier alpha value is -3.16. The van der Waals surface area contributed by atoms with E-state index < -0.39 is 11.9 Å². The van der Waals surface area contributed by atoms with Gasteiger partial charge in [0.2, 0.25) is 0 Å². The van der Waals surface area contributed by atoms with Crippen LogP contribution in [0.4, 0.5) is 0 Å². The number of hydrogen-bond donors (Lipinski definition) is 2. The van der Waals surface area contributed by atoms with Gasteiger partial charge in [0, 0.05) is 18.5 Å². The second kappa shape index (κ2) is 6.95. The van der Waals surface area contributed by atoms with Crippen LogP contribution in [0.2, 0.25) is 0 Å². The highest BCUT2D eigenvalue weighted by molar-refractivity contribution is 5.92. The molecule has 8 heteroatoms. The van der Waals surface area contributed by atoms with Crippen molar-refractivity contribution in [1.82, 2.24) is 15.3 Å². The Labute approximate surface area is 137 Å². The van der Waals surface area contributed by atoms with Gasteiger partial charge < -0.3 is 19.9 Å². The first-order chi connectivity index (χ1) is 11.6. The van der Waals surface area contributed by atoms with Crippen molar-refractivity contribution >= 4 is 11.9 Å². The SMILES string of the molecule is O=C(O)c1cnc(C(=O)NCc2cccc3c2OCCCO3)cn1. The van der Waals surface area contributed by atoms with Gasteiger partial charge in [-0.3, -0.25) is 4.79 Å². The van der Waals surface area contributed by atoms with Gasteiger partial charge in [-0.25, -0.2) is 14.8 Å². The zero-order valence-electron chi connectivity index (χ0n) is 12.7. The molecule has 2 N–H and O–H groups in total. The molecule has 0 fully saturated rings. The molecule has 1 aromatic heterocycles. The lowest BCUT2D eigenvalue weighted by molar-refractivity contribution is 0.0689. The Morgan fingerprint density at radius 1 is 1.12 bits per heavy atom. The largest absolute Gasteiger partial charge is 0.490 e. The Kier molecular flexibility index (Phi) is 4.55. The van der Waals surface area contributed by atoms with Gasteiger partial charge in [-0.2, -0.15) is 0 Å². The topological polar surface area (TPSA) is 111 Å². The number of carbonyl (C=O) groups excluding carboxylic acids is 1. The van der Waals surface area contributed by atoms with Crippen molar-refractivity contribution in [2.45, 2.75) is 13.0 Å². The molecule has 0 atom stereocenters. The Morgan fingerprint density at radius 2 is 1.88 bits per heavy atom. The molecule has 1 amide bonds. The summed E-state index contributed by atoms with van der Waals surface area (Å²) < 4.78 is 11.3. The number of benzene rings is 1. The molecular weight excluding hydrogens is 314 g/mol. The van der Waals surface area contributed by atoms with Crippen LogP contribution in [0.25, 0.3) is 0 Å². The number of ether oxygens (including phenoxy) is 2. The van der Waals surface area contributed by atoms with Crippen LogP contribution in [0, 0.1) is 0 Å². The molecule has 1 aliphatic rings. The van der Waals surface area contributed by atoms with Gasteiger partial charge in [-0.05, 0) is 6.07 Å². The van der Waals surface area contributed by atoms with Gasteiger partial charge >= 0.3 is 5.97 Å². The summed E-state index contributed by atoms with van der Waals surface area (Å²) in [6.45, 7) is 1.38. The van der Waals surface area contributed by atoms with E-state index >= 15 is 0 Å². The summed E-state index contributed by atoms with van der Waals surface area (Å²) in [6, 6.07) is 5.49. The van der Waals surface area contributed by atoms with E-state index in [1.165, 1.54) is 0 Å². The molecule has 8 nitrogen and oxygen atoms in total. The van der Waals surface area contributed by atoms with Crippen molar-refractivity contribution in [1.29, 1.82) is 0 Å². The van der Waals surface area contributed by atoms with Gasteiger partial charge in [0.1, 0.15) is 5.69 Å². The Balaban J connectivity index is 1.69. The molecule has 0 saturated carbocycles. The molecule has 24 heavy (non-hydrogen) atoms. The van der Waals surface area contributed by atoms with Gasteiger partial charge in [0.15, 0.2) is 17.2 Å². The van der Waals surface area contributed by atoms with E-state index in [0.717, 1.165) is 24.4 Å². The maximum Gasteiger partial charge on any atom is 0.356 e. The molecule has 0 unspecified atom stereocenters. The summed E-state index contributed by atoms with van der Waals surface area (Å²) in [5, 5.41) is 11.5. The van der Waals surface area contributed by atoms with E-state index in [1.807, 2.05) is 18.2 Å².